The molecular weight excluding hydrogens is 610 g/mol. The zero-order valence-corrected chi connectivity index (χ0v) is 25.7. The number of hydrogen-bond acceptors (Lipinski definition) is 7. The van der Waals surface area contributed by atoms with Gasteiger partial charge in [0.15, 0.2) is 5.54 Å². The van der Waals surface area contributed by atoms with Crippen LogP contribution in [0.4, 0.5) is 24.5 Å². The third kappa shape index (κ3) is 5.56. The minimum atomic E-state index is -4.40. The summed E-state index contributed by atoms with van der Waals surface area (Å²) in [4.78, 5) is 8.72. The molecule has 12 heteroatoms. The van der Waals surface area contributed by atoms with E-state index in [4.69, 9.17) is 29.6 Å². The fourth-order valence-corrected chi connectivity index (χ4v) is 5.82. The molecule has 0 spiro atoms. The van der Waals surface area contributed by atoms with Crippen molar-refractivity contribution in [2.24, 2.45) is 5.41 Å². The molecule has 0 bridgehead atoms. The minimum Gasteiger partial charge on any atom is -0.383 e. The van der Waals surface area contributed by atoms with Gasteiger partial charge in [0, 0.05) is 41.6 Å². The van der Waals surface area contributed by atoms with Crippen molar-refractivity contribution < 1.29 is 13.2 Å². The van der Waals surface area contributed by atoms with Gasteiger partial charge in [0.2, 0.25) is 0 Å². The number of nitrogens with one attached hydrogen (secondary N) is 4. The molecule has 0 radical (unpaired) electrons. The third-order valence-corrected chi connectivity index (χ3v) is 8.37. The van der Waals surface area contributed by atoms with E-state index in [-0.39, 0.29) is 18.3 Å². The maximum absolute atomic E-state index is 14.0. The van der Waals surface area contributed by atoms with E-state index in [0.29, 0.717) is 44.6 Å². The lowest BCUT2D eigenvalue weighted by Crippen LogP contribution is -2.52. The summed E-state index contributed by atoms with van der Waals surface area (Å²) >= 11 is 13.1. The van der Waals surface area contributed by atoms with Crippen LogP contribution in [0.3, 0.4) is 0 Å². The smallest absolute Gasteiger partial charge is 0.383 e. The number of benzene rings is 2. The number of rotatable bonds is 7. The Bertz CT molecular complexity index is 1840. The molecule has 0 unspecified atom stereocenters. The summed E-state index contributed by atoms with van der Waals surface area (Å²) in [5.41, 5.74) is 7.45. The number of anilines is 2. The van der Waals surface area contributed by atoms with E-state index < -0.39 is 17.8 Å². The Hall–Kier alpha value is -3.91. The highest BCUT2D eigenvalue weighted by Crippen LogP contribution is 2.54. The quantitative estimate of drug-likeness (QED) is 0.121. The first-order valence-electron chi connectivity index (χ1n) is 14.0. The van der Waals surface area contributed by atoms with E-state index in [1.807, 2.05) is 24.3 Å². The molecule has 4 N–H and O–H groups in total. The summed E-state index contributed by atoms with van der Waals surface area (Å²) in [6, 6.07) is 10.4. The van der Waals surface area contributed by atoms with Crippen LogP contribution in [-0.2, 0) is 0 Å². The number of nitrogens with zero attached hydrogens (tertiary/aromatic N) is 3. The minimum absolute atomic E-state index is 0.00225. The van der Waals surface area contributed by atoms with Crippen molar-refractivity contribution in [1.29, 1.82) is 0 Å². The summed E-state index contributed by atoms with van der Waals surface area (Å²) in [6.07, 6.45) is 6.18. The molecular formula is C32H30Cl2F3N7. The van der Waals surface area contributed by atoms with Gasteiger partial charge in [-0.15, -0.1) is 12.0 Å². The second-order valence-corrected chi connectivity index (χ2v) is 13.1. The third-order valence-electron chi connectivity index (χ3n) is 7.87. The molecule has 1 fully saturated rings. The predicted octanol–water partition coefficient (Wildman–Crippen LogP) is 7.94. The molecule has 2 aromatic heterocycles. The lowest BCUT2D eigenvalue weighted by molar-refractivity contribution is -0.195. The van der Waals surface area contributed by atoms with Crippen LogP contribution in [0, 0.1) is 17.8 Å². The number of fused-ring (bicyclic) bond motifs is 2. The van der Waals surface area contributed by atoms with E-state index in [9.17, 15) is 13.2 Å². The molecule has 44 heavy (non-hydrogen) atoms. The van der Waals surface area contributed by atoms with E-state index in [2.05, 4.69) is 58.3 Å². The largest absolute Gasteiger partial charge is 0.413 e. The SMILES string of the molecule is C#Cc1cnc2c(Cl)cc(N[C@H](C3=CN(C4(C(F)(F)F)CC4)NN3)c3cccc4cnc(Cl)cc34)cc2c1NCC(C)(C)C. The number of terminal acetylenes is 1. The Morgan fingerprint density at radius 3 is 2.55 bits per heavy atom. The molecule has 1 atom stereocenters. The highest BCUT2D eigenvalue weighted by molar-refractivity contribution is 6.36. The van der Waals surface area contributed by atoms with Gasteiger partial charge in [0.1, 0.15) is 5.15 Å². The van der Waals surface area contributed by atoms with E-state index in [1.54, 1.807) is 24.5 Å². The molecule has 4 aromatic rings. The van der Waals surface area contributed by atoms with Gasteiger partial charge in [0.25, 0.3) is 0 Å². The lowest BCUT2D eigenvalue weighted by atomic mass is 9.96. The zero-order chi connectivity index (χ0) is 31.4. The van der Waals surface area contributed by atoms with Gasteiger partial charge < -0.3 is 16.1 Å². The first-order chi connectivity index (χ1) is 20.8. The summed E-state index contributed by atoms with van der Waals surface area (Å²) in [5.74, 6) is 2.70. The summed E-state index contributed by atoms with van der Waals surface area (Å²) in [6.45, 7) is 6.97. The van der Waals surface area contributed by atoms with Crippen molar-refractivity contribution in [1.82, 2.24) is 25.9 Å². The molecule has 228 valence electrons. The Balaban J connectivity index is 1.48. The van der Waals surface area contributed by atoms with E-state index in [0.717, 1.165) is 27.0 Å². The molecule has 0 amide bonds. The highest BCUT2D eigenvalue weighted by atomic mass is 35.5. The summed E-state index contributed by atoms with van der Waals surface area (Å²) in [7, 11) is 0. The van der Waals surface area contributed by atoms with Gasteiger partial charge in [-0.05, 0) is 47.4 Å². The molecule has 1 saturated carbocycles. The van der Waals surface area contributed by atoms with Crippen LogP contribution in [0.1, 0.15) is 50.8 Å². The maximum Gasteiger partial charge on any atom is 0.413 e. The van der Waals surface area contributed by atoms with Gasteiger partial charge in [-0.25, -0.2) is 4.98 Å². The molecule has 3 heterocycles. The van der Waals surface area contributed by atoms with Crippen LogP contribution in [0.25, 0.3) is 21.7 Å². The van der Waals surface area contributed by atoms with Crippen LogP contribution in [-0.4, -0.2) is 33.2 Å². The fourth-order valence-electron chi connectivity index (χ4n) is 5.39. The van der Waals surface area contributed by atoms with Crippen LogP contribution >= 0.6 is 23.2 Å². The molecule has 6 rings (SSSR count). The van der Waals surface area contributed by atoms with Crippen molar-refractivity contribution >= 4 is 56.3 Å². The van der Waals surface area contributed by atoms with Crippen molar-refractivity contribution in [3.8, 4) is 12.3 Å². The average Bonchev–Trinajstić information content (AvgIpc) is 3.65. The lowest BCUT2D eigenvalue weighted by Gasteiger charge is -2.28. The van der Waals surface area contributed by atoms with Crippen molar-refractivity contribution in [3.05, 3.63) is 82.0 Å². The first-order valence-corrected chi connectivity index (χ1v) is 14.8. The van der Waals surface area contributed by atoms with Crippen LogP contribution in [0.5, 0.6) is 0 Å². The summed E-state index contributed by atoms with van der Waals surface area (Å²) < 4.78 is 42.0. The Labute approximate surface area is 263 Å². The number of halogens is 5. The monoisotopic (exact) mass is 639 g/mol. The predicted molar refractivity (Wildman–Crippen MR) is 170 cm³/mol. The molecule has 2 aliphatic rings. The summed E-state index contributed by atoms with van der Waals surface area (Å²) in [5, 5.41) is 11.1. The highest BCUT2D eigenvalue weighted by Gasteiger charge is 2.67. The van der Waals surface area contributed by atoms with Gasteiger partial charge in [-0.1, -0.05) is 68.1 Å². The van der Waals surface area contributed by atoms with Gasteiger partial charge in [-0.2, -0.15) is 13.2 Å². The maximum atomic E-state index is 14.0. The number of aromatic nitrogens is 2. The van der Waals surface area contributed by atoms with Crippen molar-refractivity contribution in [2.75, 3.05) is 17.2 Å². The van der Waals surface area contributed by atoms with Crippen LogP contribution in [0.2, 0.25) is 10.2 Å². The second-order valence-electron chi connectivity index (χ2n) is 12.3. The standard InChI is InChI=1S/C32H30Cl2F3N7/c1-5-18-14-39-28-23(27(18)40-17-30(2,3)4)11-20(12-24(28)33)41-29(21-8-6-7-19-15-38-26(34)13-22(19)21)25-16-44(43-42-25)31(9-10-31)32(35,36)37/h1,6-8,11-16,29,41-43H,9-10,17H2,2-4H3,(H,39,40)/t29-/m0/s1. The molecule has 1 aliphatic carbocycles. The van der Waals surface area contributed by atoms with Crippen molar-refractivity contribution in [3.63, 3.8) is 0 Å². The molecule has 1 aliphatic heterocycles. The Kier molecular flexibility index (Phi) is 7.47. The zero-order valence-electron chi connectivity index (χ0n) is 24.2. The molecule has 2 aromatic carbocycles. The van der Waals surface area contributed by atoms with Gasteiger partial charge in [-0.3, -0.25) is 9.99 Å². The average molecular weight is 641 g/mol. The topological polar surface area (TPSA) is 77.1 Å². The first kappa shape index (κ1) is 30.1. The number of pyridine rings is 2. The second kappa shape index (κ2) is 10.9. The fraction of sp³-hybridized carbons (Fsp3) is 0.312. The number of alkyl halides is 3. The van der Waals surface area contributed by atoms with Gasteiger partial charge in [0.05, 0.1) is 33.5 Å². The molecule has 0 saturated heterocycles. The van der Waals surface area contributed by atoms with Gasteiger partial charge >= 0.3 is 6.18 Å². The van der Waals surface area contributed by atoms with Crippen LogP contribution < -0.4 is 21.6 Å². The van der Waals surface area contributed by atoms with E-state index in [1.165, 1.54) is 6.20 Å². The number of hydrazine groups is 2. The molecule has 7 nitrogen and oxygen atoms in total. The number of hydrogen-bond donors (Lipinski definition) is 4. The van der Waals surface area contributed by atoms with Crippen LogP contribution in [0.15, 0.2) is 60.7 Å². The van der Waals surface area contributed by atoms with E-state index >= 15 is 0 Å². The Morgan fingerprint density at radius 2 is 1.86 bits per heavy atom. The van der Waals surface area contributed by atoms with Crippen molar-refractivity contribution in [2.45, 2.75) is 51.4 Å². The normalized spacial score (nSPS) is 16.8. The Morgan fingerprint density at radius 1 is 1.09 bits per heavy atom.